The molecule has 0 spiro atoms. The standard InChI is InChI=1S/C16H16BrClFN/c1-9-3-4-10(2)11(5-9)6-16(20)12-7-14(18)13(17)8-15(12)19/h3-5,7-8,16H,6,20H2,1-2H3. The zero-order valence-corrected chi connectivity index (χ0v) is 13.7. The van der Waals surface area contributed by atoms with Gasteiger partial charge in [0, 0.05) is 16.1 Å². The van der Waals surface area contributed by atoms with Gasteiger partial charge in [-0.05, 0) is 59.5 Å². The molecule has 2 aromatic carbocycles. The molecule has 0 bridgehead atoms. The molecule has 0 aliphatic carbocycles. The summed E-state index contributed by atoms with van der Waals surface area (Å²) in [6, 6.07) is 8.75. The quantitative estimate of drug-likeness (QED) is 0.761. The van der Waals surface area contributed by atoms with Crippen molar-refractivity contribution in [2.45, 2.75) is 26.3 Å². The van der Waals surface area contributed by atoms with E-state index in [2.05, 4.69) is 34.1 Å². The van der Waals surface area contributed by atoms with Crippen LogP contribution in [0.5, 0.6) is 0 Å². The van der Waals surface area contributed by atoms with Gasteiger partial charge in [-0.25, -0.2) is 4.39 Å². The van der Waals surface area contributed by atoms with Crippen LogP contribution in [-0.4, -0.2) is 0 Å². The normalized spacial score (nSPS) is 12.5. The largest absolute Gasteiger partial charge is 0.324 e. The molecule has 0 aliphatic heterocycles. The minimum atomic E-state index is -0.416. The Morgan fingerprint density at radius 2 is 1.95 bits per heavy atom. The van der Waals surface area contributed by atoms with Gasteiger partial charge in [-0.2, -0.15) is 0 Å². The lowest BCUT2D eigenvalue weighted by Crippen LogP contribution is -2.16. The highest BCUT2D eigenvalue weighted by atomic mass is 79.9. The summed E-state index contributed by atoms with van der Waals surface area (Å²) < 4.78 is 14.5. The monoisotopic (exact) mass is 355 g/mol. The number of aryl methyl sites for hydroxylation is 2. The summed E-state index contributed by atoms with van der Waals surface area (Å²) in [5.41, 5.74) is 10.1. The van der Waals surface area contributed by atoms with E-state index in [4.69, 9.17) is 17.3 Å². The van der Waals surface area contributed by atoms with E-state index < -0.39 is 6.04 Å². The van der Waals surface area contributed by atoms with Crippen molar-refractivity contribution in [2.24, 2.45) is 5.73 Å². The summed E-state index contributed by atoms with van der Waals surface area (Å²) in [5, 5.41) is 0.470. The Labute approximate surface area is 132 Å². The van der Waals surface area contributed by atoms with Gasteiger partial charge in [0.05, 0.1) is 5.02 Å². The topological polar surface area (TPSA) is 26.0 Å². The molecule has 0 aromatic heterocycles. The fourth-order valence-corrected chi connectivity index (χ4v) is 2.68. The molecule has 0 amide bonds. The van der Waals surface area contributed by atoms with E-state index in [1.807, 2.05) is 13.8 Å². The molecule has 0 saturated carbocycles. The Hall–Kier alpha value is -0.900. The fraction of sp³-hybridized carbons (Fsp3) is 0.250. The third kappa shape index (κ3) is 3.40. The molecule has 2 aromatic rings. The van der Waals surface area contributed by atoms with Crippen LogP contribution in [0.3, 0.4) is 0 Å². The van der Waals surface area contributed by atoms with Crippen LogP contribution >= 0.6 is 27.5 Å². The first-order valence-electron chi connectivity index (χ1n) is 6.34. The van der Waals surface area contributed by atoms with E-state index in [0.29, 0.717) is 21.5 Å². The second-order valence-corrected chi connectivity index (χ2v) is 6.29. The lowest BCUT2D eigenvalue weighted by molar-refractivity contribution is 0.579. The number of rotatable bonds is 3. The van der Waals surface area contributed by atoms with Gasteiger partial charge in [-0.3, -0.25) is 0 Å². The Morgan fingerprint density at radius 1 is 1.25 bits per heavy atom. The van der Waals surface area contributed by atoms with Crippen LogP contribution in [0.15, 0.2) is 34.8 Å². The Bertz CT molecular complexity index is 643. The molecule has 0 saturated heterocycles. The lowest BCUT2D eigenvalue weighted by Gasteiger charge is -2.16. The van der Waals surface area contributed by atoms with E-state index in [1.54, 1.807) is 6.07 Å². The molecular formula is C16H16BrClFN. The minimum absolute atomic E-state index is 0.334. The summed E-state index contributed by atoms with van der Waals surface area (Å²) >= 11 is 9.22. The average Bonchev–Trinajstić information content (AvgIpc) is 2.38. The van der Waals surface area contributed by atoms with Gasteiger partial charge in [0.25, 0.3) is 0 Å². The van der Waals surface area contributed by atoms with E-state index in [-0.39, 0.29) is 5.82 Å². The highest BCUT2D eigenvalue weighted by molar-refractivity contribution is 9.10. The summed E-state index contributed by atoms with van der Waals surface area (Å²) in [4.78, 5) is 0. The molecule has 106 valence electrons. The average molecular weight is 357 g/mol. The van der Waals surface area contributed by atoms with Crippen LogP contribution in [0.2, 0.25) is 5.02 Å². The number of hydrogen-bond acceptors (Lipinski definition) is 1. The lowest BCUT2D eigenvalue weighted by atomic mass is 9.95. The molecule has 0 radical (unpaired) electrons. The first-order chi connectivity index (χ1) is 9.38. The van der Waals surface area contributed by atoms with Crippen molar-refractivity contribution >= 4 is 27.5 Å². The summed E-state index contributed by atoms with van der Waals surface area (Å²) in [6.07, 6.45) is 0.586. The molecule has 1 nitrogen and oxygen atoms in total. The maximum absolute atomic E-state index is 14.0. The third-order valence-electron chi connectivity index (χ3n) is 3.38. The van der Waals surface area contributed by atoms with E-state index in [0.717, 1.165) is 11.1 Å². The summed E-state index contributed by atoms with van der Waals surface area (Å²) in [5.74, 6) is -0.334. The molecule has 2 rings (SSSR count). The van der Waals surface area contributed by atoms with Crippen LogP contribution in [0.4, 0.5) is 4.39 Å². The van der Waals surface area contributed by atoms with Gasteiger partial charge in [-0.1, -0.05) is 35.4 Å². The summed E-state index contributed by atoms with van der Waals surface area (Å²) in [7, 11) is 0. The maximum atomic E-state index is 14.0. The molecule has 0 heterocycles. The van der Waals surface area contributed by atoms with Crippen molar-refractivity contribution in [3.8, 4) is 0 Å². The molecule has 0 aliphatic rings. The Kier molecular flexibility index (Phi) is 4.84. The minimum Gasteiger partial charge on any atom is -0.324 e. The van der Waals surface area contributed by atoms with Crippen LogP contribution in [0, 0.1) is 19.7 Å². The van der Waals surface area contributed by atoms with Crippen molar-refractivity contribution in [3.05, 3.63) is 67.9 Å². The van der Waals surface area contributed by atoms with Gasteiger partial charge in [0.15, 0.2) is 0 Å². The smallest absolute Gasteiger partial charge is 0.129 e. The fourth-order valence-electron chi connectivity index (χ4n) is 2.19. The van der Waals surface area contributed by atoms with Gasteiger partial charge in [-0.15, -0.1) is 0 Å². The maximum Gasteiger partial charge on any atom is 0.129 e. The van der Waals surface area contributed by atoms with Gasteiger partial charge in [0.2, 0.25) is 0 Å². The van der Waals surface area contributed by atoms with Gasteiger partial charge in [0.1, 0.15) is 5.82 Å². The van der Waals surface area contributed by atoms with Crippen LogP contribution in [0.25, 0.3) is 0 Å². The molecule has 20 heavy (non-hydrogen) atoms. The number of hydrogen-bond donors (Lipinski definition) is 1. The van der Waals surface area contributed by atoms with Crippen molar-refractivity contribution < 1.29 is 4.39 Å². The van der Waals surface area contributed by atoms with Crippen LogP contribution in [-0.2, 0) is 6.42 Å². The summed E-state index contributed by atoms with van der Waals surface area (Å²) in [6.45, 7) is 4.07. The van der Waals surface area contributed by atoms with Crippen LogP contribution < -0.4 is 5.73 Å². The molecule has 2 N–H and O–H groups in total. The highest BCUT2D eigenvalue weighted by Crippen LogP contribution is 2.29. The first kappa shape index (κ1) is 15.5. The van der Waals surface area contributed by atoms with Crippen molar-refractivity contribution in [1.82, 2.24) is 0 Å². The third-order valence-corrected chi connectivity index (χ3v) is 4.58. The van der Waals surface area contributed by atoms with Crippen molar-refractivity contribution in [1.29, 1.82) is 0 Å². The second-order valence-electron chi connectivity index (χ2n) is 5.03. The zero-order chi connectivity index (χ0) is 14.9. The van der Waals surface area contributed by atoms with E-state index >= 15 is 0 Å². The Morgan fingerprint density at radius 3 is 2.65 bits per heavy atom. The van der Waals surface area contributed by atoms with Crippen molar-refractivity contribution in [2.75, 3.05) is 0 Å². The Balaban J connectivity index is 2.30. The predicted octanol–water partition coefficient (Wildman–Crippen LogP) is 5.10. The predicted molar refractivity (Wildman–Crippen MR) is 85.7 cm³/mol. The van der Waals surface area contributed by atoms with E-state index in [1.165, 1.54) is 11.6 Å². The van der Waals surface area contributed by atoms with E-state index in [9.17, 15) is 4.39 Å². The van der Waals surface area contributed by atoms with Crippen molar-refractivity contribution in [3.63, 3.8) is 0 Å². The van der Waals surface area contributed by atoms with Crippen LogP contribution in [0.1, 0.15) is 28.3 Å². The molecule has 1 atom stereocenters. The number of benzene rings is 2. The highest BCUT2D eigenvalue weighted by Gasteiger charge is 2.15. The number of nitrogens with two attached hydrogens (primary N) is 1. The number of halogens is 3. The first-order valence-corrected chi connectivity index (χ1v) is 7.51. The molecule has 0 fully saturated rings. The van der Waals surface area contributed by atoms with Gasteiger partial charge >= 0.3 is 0 Å². The molecule has 1 unspecified atom stereocenters. The zero-order valence-electron chi connectivity index (χ0n) is 11.4. The van der Waals surface area contributed by atoms with Gasteiger partial charge < -0.3 is 5.73 Å². The SMILES string of the molecule is Cc1ccc(C)c(CC(N)c2cc(Cl)c(Br)cc2F)c1. The molecular weight excluding hydrogens is 341 g/mol. The molecule has 4 heteroatoms. The second kappa shape index (κ2) is 6.25.